The monoisotopic (exact) mass is 353 g/mol. The number of hydrogen-bond acceptors (Lipinski definition) is 4. The molecule has 5 heteroatoms. The van der Waals surface area contributed by atoms with E-state index in [2.05, 4.69) is 34.4 Å². The largest absolute Gasteiger partial charge is 0.342 e. The molecule has 1 unspecified atom stereocenters. The van der Waals surface area contributed by atoms with Gasteiger partial charge in [-0.05, 0) is 50.0 Å². The molecule has 1 saturated heterocycles. The highest BCUT2D eigenvalue weighted by molar-refractivity contribution is 5.76. The third-order valence-corrected chi connectivity index (χ3v) is 5.46. The lowest BCUT2D eigenvalue weighted by Gasteiger charge is -2.32. The predicted molar refractivity (Wildman–Crippen MR) is 98.7 cm³/mol. The molecule has 138 valence electrons. The zero-order valence-electron chi connectivity index (χ0n) is 15.3. The average Bonchev–Trinajstić information content (AvgIpc) is 3.42. The van der Waals surface area contributed by atoms with E-state index in [0.29, 0.717) is 18.3 Å². The van der Waals surface area contributed by atoms with E-state index < -0.39 is 0 Å². The topological polar surface area (TPSA) is 59.2 Å². The number of rotatable bonds is 7. The van der Waals surface area contributed by atoms with Crippen LogP contribution in [0, 0.1) is 5.92 Å². The number of piperidine rings is 1. The van der Waals surface area contributed by atoms with Crippen LogP contribution in [0.2, 0.25) is 0 Å². The Hall–Kier alpha value is -2.17. The molecule has 1 aromatic carbocycles. The molecule has 4 rings (SSSR count). The zero-order valence-corrected chi connectivity index (χ0v) is 15.3. The molecule has 1 aliphatic heterocycles. The molecule has 1 saturated carbocycles. The van der Waals surface area contributed by atoms with Crippen LogP contribution in [0.3, 0.4) is 0 Å². The van der Waals surface area contributed by atoms with Crippen molar-refractivity contribution >= 4 is 5.91 Å². The summed E-state index contributed by atoms with van der Waals surface area (Å²) in [6.45, 7) is 1.71. The number of hydrogen-bond donors (Lipinski definition) is 0. The van der Waals surface area contributed by atoms with Crippen LogP contribution in [0.5, 0.6) is 0 Å². The smallest absolute Gasteiger partial charge is 0.226 e. The standard InChI is InChI=1S/C21H27N3O2/c25-20(10-4-8-16-6-2-1-3-7-16)24-13-5-9-17(15-24)14-19-22-21(23-26-19)18-11-12-18/h1-3,6-7,17-18H,4-5,8-15H2. The fraction of sp³-hybridized carbons (Fsp3) is 0.571. The van der Waals surface area contributed by atoms with Crippen LogP contribution >= 0.6 is 0 Å². The van der Waals surface area contributed by atoms with Crippen molar-refractivity contribution in [1.82, 2.24) is 15.0 Å². The maximum absolute atomic E-state index is 12.6. The lowest BCUT2D eigenvalue weighted by Crippen LogP contribution is -2.40. The molecule has 0 bridgehead atoms. The van der Waals surface area contributed by atoms with Gasteiger partial charge in [0, 0.05) is 31.8 Å². The quantitative estimate of drug-likeness (QED) is 0.760. The summed E-state index contributed by atoms with van der Waals surface area (Å²) >= 11 is 0. The van der Waals surface area contributed by atoms with E-state index in [0.717, 1.165) is 56.9 Å². The number of amides is 1. The Kier molecular flexibility index (Phi) is 5.32. The minimum Gasteiger partial charge on any atom is -0.342 e. The van der Waals surface area contributed by atoms with Crippen molar-refractivity contribution in [3.05, 3.63) is 47.6 Å². The summed E-state index contributed by atoms with van der Waals surface area (Å²) in [5, 5.41) is 4.10. The third-order valence-electron chi connectivity index (χ3n) is 5.46. The molecular weight excluding hydrogens is 326 g/mol. The molecule has 1 aliphatic carbocycles. The molecule has 0 N–H and O–H groups in total. The van der Waals surface area contributed by atoms with Gasteiger partial charge in [0.15, 0.2) is 5.82 Å². The SMILES string of the molecule is O=C(CCCc1ccccc1)N1CCCC(Cc2nc(C3CC3)no2)C1. The van der Waals surface area contributed by atoms with Gasteiger partial charge in [-0.3, -0.25) is 4.79 Å². The van der Waals surface area contributed by atoms with E-state index >= 15 is 0 Å². The Bertz CT molecular complexity index is 724. The van der Waals surface area contributed by atoms with Gasteiger partial charge in [-0.2, -0.15) is 4.98 Å². The normalized spacial score (nSPS) is 20.3. The van der Waals surface area contributed by atoms with Crippen molar-refractivity contribution in [3.63, 3.8) is 0 Å². The van der Waals surface area contributed by atoms with E-state index in [9.17, 15) is 4.79 Å². The Labute approximate surface area is 154 Å². The first-order chi connectivity index (χ1) is 12.8. The summed E-state index contributed by atoms with van der Waals surface area (Å²) in [6, 6.07) is 10.4. The van der Waals surface area contributed by atoms with Crippen molar-refractivity contribution in [2.24, 2.45) is 5.92 Å². The molecule has 1 aromatic heterocycles. The maximum atomic E-state index is 12.6. The highest BCUT2D eigenvalue weighted by atomic mass is 16.5. The minimum absolute atomic E-state index is 0.287. The summed E-state index contributed by atoms with van der Waals surface area (Å²) < 4.78 is 5.41. The Balaban J connectivity index is 1.23. The zero-order chi connectivity index (χ0) is 17.8. The van der Waals surface area contributed by atoms with Gasteiger partial charge >= 0.3 is 0 Å². The summed E-state index contributed by atoms with van der Waals surface area (Å²) in [5.41, 5.74) is 1.31. The van der Waals surface area contributed by atoms with Crippen LogP contribution in [-0.2, 0) is 17.6 Å². The van der Waals surface area contributed by atoms with E-state index in [1.165, 1.54) is 18.4 Å². The highest BCUT2D eigenvalue weighted by Gasteiger charge is 2.30. The number of nitrogens with zero attached hydrogens (tertiary/aromatic N) is 3. The summed E-state index contributed by atoms with van der Waals surface area (Å²) in [5.74, 6) is 2.88. The van der Waals surface area contributed by atoms with Crippen LogP contribution in [-0.4, -0.2) is 34.0 Å². The second-order valence-corrected chi connectivity index (χ2v) is 7.71. The fourth-order valence-electron chi connectivity index (χ4n) is 3.81. The van der Waals surface area contributed by atoms with E-state index in [1.54, 1.807) is 0 Å². The van der Waals surface area contributed by atoms with E-state index in [4.69, 9.17) is 4.52 Å². The number of likely N-dealkylation sites (tertiary alicyclic amines) is 1. The highest BCUT2D eigenvalue weighted by Crippen LogP contribution is 2.38. The van der Waals surface area contributed by atoms with Gasteiger partial charge in [0.05, 0.1) is 0 Å². The van der Waals surface area contributed by atoms with Gasteiger partial charge in [-0.15, -0.1) is 0 Å². The van der Waals surface area contributed by atoms with E-state index in [-0.39, 0.29) is 5.91 Å². The minimum atomic E-state index is 0.287. The number of aryl methyl sites for hydroxylation is 1. The number of benzene rings is 1. The van der Waals surface area contributed by atoms with Gasteiger partial charge in [-0.25, -0.2) is 0 Å². The van der Waals surface area contributed by atoms with Crippen LogP contribution in [0.15, 0.2) is 34.9 Å². The Morgan fingerprint density at radius 3 is 2.85 bits per heavy atom. The van der Waals surface area contributed by atoms with Crippen LogP contribution < -0.4 is 0 Å². The van der Waals surface area contributed by atoms with Gasteiger partial charge in [0.1, 0.15) is 0 Å². The molecule has 2 aromatic rings. The number of aromatic nitrogens is 2. The van der Waals surface area contributed by atoms with Gasteiger partial charge in [-0.1, -0.05) is 35.5 Å². The summed E-state index contributed by atoms with van der Waals surface area (Å²) in [4.78, 5) is 19.1. The van der Waals surface area contributed by atoms with Crippen molar-refractivity contribution < 1.29 is 9.32 Å². The van der Waals surface area contributed by atoms with Crippen molar-refractivity contribution in [2.45, 2.75) is 57.3 Å². The van der Waals surface area contributed by atoms with Crippen LogP contribution in [0.1, 0.15) is 61.7 Å². The van der Waals surface area contributed by atoms with Gasteiger partial charge < -0.3 is 9.42 Å². The fourth-order valence-corrected chi connectivity index (χ4v) is 3.81. The Morgan fingerprint density at radius 1 is 1.19 bits per heavy atom. The number of carbonyl (C=O) groups excluding carboxylic acids is 1. The van der Waals surface area contributed by atoms with Gasteiger partial charge in [0.25, 0.3) is 0 Å². The number of carbonyl (C=O) groups is 1. The van der Waals surface area contributed by atoms with Crippen LogP contribution in [0.4, 0.5) is 0 Å². The third kappa shape index (κ3) is 4.51. The molecular formula is C21H27N3O2. The molecule has 0 spiro atoms. The molecule has 2 fully saturated rings. The first kappa shape index (κ1) is 17.3. The maximum Gasteiger partial charge on any atom is 0.226 e. The molecule has 2 heterocycles. The van der Waals surface area contributed by atoms with Crippen molar-refractivity contribution in [1.29, 1.82) is 0 Å². The second-order valence-electron chi connectivity index (χ2n) is 7.71. The second kappa shape index (κ2) is 8.02. The molecule has 1 atom stereocenters. The molecule has 26 heavy (non-hydrogen) atoms. The lowest BCUT2D eigenvalue weighted by molar-refractivity contribution is -0.133. The van der Waals surface area contributed by atoms with E-state index in [1.807, 2.05) is 11.0 Å². The molecule has 5 nitrogen and oxygen atoms in total. The molecule has 1 amide bonds. The first-order valence-electron chi connectivity index (χ1n) is 9.92. The van der Waals surface area contributed by atoms with Gasteiger partial charge in [0.2, 0.25) is 11.8 Å². The summed E-state index contributed by atoms with van der Waals surface area (Å²) in [6.07, 6.45) is 7.89. The first-order valence-corrected chi connectivity index (χ1v) is 9.92. The van der Waals surface area contributed by atoms with Crippen LogP contribution in [0.25, 0.3) is 0 Å². The molecule has 2 aliphatic rings. The Morgan fingerprint density at radius 2 is 2.04 bits per heavy atom. The average molecular weight is 353 g/mol. The summed E-state index contributed by atoms with van der Waals surface area (Å²) in [7, 11) is 0. The lowest BCUT2D eigenvalue weighted by atomic mass is 9.94. The predicted octanol–water partition coefficient (Wildman–Crippen LogP) is 3.75. The van der Waals surface area contributed by atoms with Crippen molar-refractivity contribution in [3.8, 4) is 0 Å². The molecule has 0 radical (unpaired) electrons. The van der Waals surface area contributed by atoms with Crippen molar-refractivity contribution in [2.75, 3.05) is 13.1 Å².